The van der Waals surface area contributed by atoms with Crippen LogP contribution in [0.2, 0.25) is 0 Å². The van der Waals surface area contributed by atoms with Gasteiger partial charge in [-0.15, -0.1) is 10.2 Å². The molecule has 0 aliphatic heterocycles. The average molecular weight is 220 g/mol. The van der Waals surface area contributed by atoms with E-state index in [4.69, 9.17) is 0 Å². The van der Waals surface area contributed by atoms with Gasteiger partial charge < -0.3 is 9.88 Å². The number of nitrogens with one attached hydrogen (secondary N) is 1. The summed E-state index contributed by atoms with van der Waals surface area (Å²) in [6.07, 6.45) is 9.23. The third kappa shape index (κ3) is 1.93. The SMILES string of the molecule is Cn1c(NC2CC2)nnc1C1CCCCC1. The summed E-state index contributed by atoms with van der Waals surface area (Å²) in [6, 6.07) is 0.655. The molecule has 2 fully saturated rings. The molecular weight excluding hydrogens is 200 g/mol. The minimum atomic E-state index is 0.640. The van der Waals surface area contributed by atoms with Gasteiger partial charge in [-0.2, -0.15) is 0 Å². The van der Waals surface area contributed by atoms with Gasteiger partial charge in [0.1, 0.15) is 5.82 Å². The fraction of sp³-hybridized carbons (Fsp3) is 0.833. The molecule has 2 saturated carbocycles. The van der Waals surface area contributed by atoms with Crippen LogP contribution in [-0.4, -0.2) is 20.8 Å². The first-order valence-corrected chi connectivity index (χ1v) is 6.50. The van der Waals surface area contributed by atoms with Gasteiger partial charge in [0.2, 0.25) is 5.95 Å². The Morgan fingerprint density at radius 1 is 1.06 bits per heavy atom. The van der Waals surface area contributed by atoms with E-state index in [0.29, 0.717) is 12.0 Å². The Labute approximate surface area is 96.4 Å². The van der Waals surface area contributed by atoms with E-state index in [2.05, 4.69) is 27.1 Å². The lowest BCUT2D eigenvalue weighted by Gasteiger charge is -2.20. The van der Waals surface area contributed by atoms with Crippen molar-refractivity contribution in [2.24, 2.45) is 7.05 Å². The van der Waals surface area contributed by atoms with Gasteiger partial charge in [0.15, 0.2) is 0 Å². The highest BCUT2D eigenvalue weighted by Crippen LogP contribution is 2.32. The first-order valence-electron chi connectivity index (χ1n) is 6.50. The van der Waals surface area contributed by atoms with Crippen molar-refractivity contribution in [2.45, 2.75) is 56.9 Å². The van der Waals surface area contributed by atoms with Crippen molar-refractivity contribution >= 4 is 5.95 Å². The van der Waals surface area contributed by atoms with Gasteiger partial charge in [-0.1, -0.05) is 19.3 Å². The molecular formula is C12H20N4. The van der Waals surface area contributed by atoms with Crippen molar-refractivity contribution in [1.82, 2.24) is 14.8 Å². The van der Waals surface area contributed by atoms with Crippen molar-refractivity contribution in [3.8, 4) is 0 Å². The summed E-state index contributed by atoms with van der Waals surface area (Å²) in [5.74, 6) is 2.78. The van der Waals surface area contributed by atoms with E-state index in [0.717, 1.165) is 5.95 Å². The molecule has 1 aromatic heterocycles. The summed E-state index contributed by atoms with van der Waals surface area (Å²) in [5, 5.41) is 12.1. The Morgan fingerprint density at radius 3 is 2.50 bits per heavy atom. The van der Waals surface area contributed by atoms with Crippen molar-refractivity contribution in [3.05, 3.63) is 5.82 Å². The maximum Gasteiger partial charge on any atom is 0.224 e. The van der Waals surface area contributed by atoms with Crippen molar-refractivity contribution < 1.29 is 0 Å². The van der Waals surface area contributed by atoms with Gasteiger partial charge in [0.05, 0.1) is 0 Å². The number of nitrogens with zero attached hydrogens (tertiary/aromatic N) is 3. The molecule has 1 aromatic rings. The first-order chi connectivity index (χ1) is 7.84. The van der Waals surface area contributed by atoms with E-state index in [1.54, 1.807) is 0 Å². The predicted octanol–water partition coefficient (Wildman–Crippen LogP) is 2.44. The minimum Gasteiger partial charge on any atom is -0.352 e. The molecule has 0 saturated heterocycles. The summed E-state index contributed by atoms with van der Waals surface area (Å²) < 4.78 is 2.16. The summed E-state index contributed by atoms with van der Waals surface area (Å²) in [4.78, 5) is 0. The second-order valence-electron chi connectivity index (χ2n) is 5.19. The van der Waals surface area contributed by atoms with Crippen LogP contribution in [0, 0.1) is 0 Å². The Kier molecular flexibility index (Phi) is 2.58. The quantitative estimate of drug-likeness (QED) is 0.850. The molecule has 3 rings (SSSR count). The maximum atomic E-state index is 4.37. The average Bonchev–Trinajstić information content (AvgIpc) is 3.06. The minimum absolute atomic E-state index is 0.640. The number of hydrogen-bond donors (Lipinski definition) is 1. The molecule has 2 aliphatic rings. The molecule has 0 unspecified atom stereocenters. The molecule has 1 heterocycles. The van der Waals surface area contributed by atoms with Crippen LogP contribution >= 0.6 is 0 Å². The molecule has 0 spiro atoms. The van der Waals surface area contributed by atoms with E-state index in [-0.39, 0.29) is 0 Å². The lowest BCUT2D eigenvalue weighted by Crippen LogP contribution is -2.12. The summed E-state index contributed by atoms with van der Waals surface area (Å²) in [7, 11) is 2.09. The largest absolute Gasteiger partial charge is 0.352 e. The van der Waals surface area contributed by atoms with Gasteiger partial charge in [0.25, 0.3) is 0 Å². The lowest BCUT2D eigenvalue weighted by atomic mass is 9.89. The van der Waals surface area contributed by atoms with Gasteiger partial charge in [-0.25, -0.2) is 0 Å². The van der Waals surface area contributed by atoms with Gasteiger partial charge in [0, 0.05) is 19.0 Å². The van der Waals surface area contributed by atoms with Crippen LogP contribution in [0.1, 0.15) is 56.7 Å². The Bertz CT molecular complexity index is 361. The molecule has 0 aromatic carbocycles. The van der Waals surface area contributed by atoms with E-state index in [1.165, 1.54) is 50.8 Å². The van der Waals surface area contributed by atoms with Crippen LogP contribution < -0.4 is 5.32 Å². The number of aromatic nitrogens is 3. The molecule has 4 heteroatoms. The molecule has 2 aliphatic carbocycles. The van der Waals surface area contributed by atoms with E-state index >= 15 is 0 Å². The zero-order valence-corrected chi connectivity index (χ0v) is 9.95. The van der Waals surface area contributed by atoms with Crippen LogP contribution in [0.5, 0.6) is 0 Å². The molecule has 88 valence electrons. The Balaban J connectivity index is 1.75. The highest BCUT2D eigenvalue weighted by Gasteiger charge is 2.25. The van der Waals surface area contributed by atoms with Gasteiger partial charge in [-0.05, 0) is 25.7 Å². The summed E-state index contributed by atoms with van der Waals surface area (Å²) in [6.45, 7) is 0. The highest BCUT2D eigenvalue weighted by molar-refractivity contribution is 5.30. The summed E-state index contributed by atoms with van der Waals surface area (Å²) in [5.41, 5.74) is 0. The third-order valence-corrected chi connectivity index (χ3v) is 3.79. The highest BCUT2D eigenvalue weighted by atomic mass is 15.4. The van der Waals surface area contributed by atoms with Gasteiger partial charge >= 0.3 is 0 Å². The fourth-order valence-corrected chi connectivity index (χ4v) is 2.59. The zero-order chi connectivity index (χ0) is 11.0. The van der Waals surface area contributed by atoms with E-state index in [1.807, 2.05) is 0 Å². The molecule has 0 radical (unpaired) electrons. The smallest absolute Gasteiger partial charge is 0.224 e. The molecule has 0 atom stereocenters. The van der Waals surface area contributed by atoms with Crippen LogP contribution in [-0.2, 0) is 7.05 Å². The second-order valence-corrected chi connectivity index (χ2v) is 5.19. The number of anilines is 1. The number of hydrogen-bond acceptors (Lipinski definition) is 3. The molecule has 1 N–H and O–H groups in total. The Morgan fingerprint density at radius 2 is 1.81 bits per heavy atom. The maximum absolute atomic E-state index is 4.37. The van der Waals surface area contributed by atoms with Crippen molar-refractivity contribution in [2.75, 3.05) is 5.32 Å². The monoisotopic (exact) mass is 220 g/mol. The van der Waals surface area contributed by atoms with Crippen molar-refractivity contribution in [1.29, 1.82) is 0 Å². The number of rotatable bonds is 3. The standard InChI is InChI=1S/C12H20N4/c1-16-11(9-5-3-2-4-6-9)14-15-12(16)13-10-7-8-10/h9-10H,2-8H2,1H3,(H,13,15). The van der Waals surface area contributed by atoms with Gasteiger partial charge in [-0.3, -0.25) is 0 Å². The van der Waals surface area contributed by atoms with Crippen LogP contribution in [0.3, 0.4) is 0 Å². The Hall–Kier alpha value is -1.06. The molecule has 16 heavy (non-hydrogen) atoms. The van der Waals surface area contributed by atoms with Crippen LogP contribution in [0.25, 0.3) is 0 Å². The summed E-state index contributed by atoms with van der Waals surface area (Å²) >= 11 is 0. The predicted molar refractivity (Wildman–Crippen MR) is 63.5 cm³/mol. The molecule has 0 bridgehead atoms. The zero-order valence-electron chi connectivity index (χ0n) is 9.95. The topological polar surface area (TPSA) is 42.7 Å². The van der Waals surface area contributed by atoms with E-state index < -0.39 is 0 Å². The lowest BCUT2D eigenvalue weighted by molar-refractivity contribution is 0.421. The second kappa shape index (κ2) is 4.07. The first kappa shape index (κ1) is 10.1. The van der Waals surface area contributed by atoms with E-state index in [9.17, 15) is 0 Å². The third-order valence-electron chi connectivity index (χ3n) is 3.79. The van der Waals surface area contributed by atoms with Crippen LogP contribution in [0.15, 0.2) is 0 Å². The van der Waals surface area contributed by atoms with Crippen molar-refractivity contribution in [3.63, 3.8) is 0 Å². The molecule has 0 amide bonds. The normalized spacial score (nSPS) is 22.3. The molecule has 4 nitrogen and oxygen atoms in total. The fourth-order valence-electron chi connectivity index (χ4n) is 2.59. The van der Waals surface area contributed by atoms with Crippen LogP contribution in [0.4, 0.5) is 5.95 Å².